The van der Waals surface area contributed by atoms with Crippen molar-refractivity contribution in [1.29, 1.82) is 0 Å². The predicted octanol–water partition coefficient (Wildman–Crippen LogP) is 4.42. The van der Waals surface area contributed by atoms with E-state index in [-0.39, 0.29) is 6.04 Å². The molecule has 0 aliphatic heterocycles. The standard InChI is InChI=1S/C16H20ClNOS/c1-11(2)16(15-4-3-9-20-15)18-10-14(19)12-5-7-13(17)8-6-12/h3-9,11,14,16,18-19H,10H2,1-2H3. The Kier molecular flexibility index (Phi) is 5.61. The molecule has 2 atom stereocenters. The molecule has 1 aromatic heterocycles. The molecule has 2 N–H and O–H groups in total. The fourth-order valence-electron chi connectivity index (χ4n) is 2.17. The maximum Gasteiger partial charge on any atom is 0.0914 e. The molecule has 0 fully saturated rings. The van der Waals surface area contributed by atoms with Gasteiger partial charge in [0, 0.05) is 22.5 Å². The van der Waals surface area contributed by atoms with Crippen molar-refractivity contribution < 1.29 is 5.11 Å². The lowest BCUT2D eigenvalue weighted by molar-refractivity contribution is 0.166. The van der Waals surface area contributed by atoms with E-state index in [4.69, 9.17) is 11.6 Å². The molecule has 0 aliphatic carbocycles. The summed E-state index contributed by atoms with van der Waals surface area (Å²) >= 11 is 7.60. The van der Waals surface area contributed by atoms with Gasteiger partial charge in [0.1, 0.15) is 0 Å². The van der Waals surface area contributed by atoms with Crippen LogP contribution in [0.4, 0.5) is 0 Å². The average molecular weight is 310 g/mol. The summed E-state index contributed by atoms with van der Waals surface area (Å²) in [4.78, 5) is 1.31. The van der Waals surface area contributed by atoms with E-state index in [9.17, 15) is 5.11 Å². The van der Waals surface area contributed by atoms with Crippen LogP contribution in [-0.4, -0.2) is 11.7 Å². The Balaban J connectivity index is 1.97. The highest BCUT2D eigenvalue weighted by atomic mass is 35.5. The second-order valence-corrected chi connectivity index (χ2v) is 6.63. The summed E-state index contributed by atoms with van der Waals surface area (Å²) in [5.74, 6) is 0.478. The van der Waals surface area contributed by atoms with Crippen molar-refractivity contribution in [3.05, 3.63) is 57.2 Å². The maximum atomic E-state index is 10.2. The van der Waals surface area contributed by atoms with Crippen LogP contribution in [0.25, 0.3) is 0 Å². The smallest absolute Gasteiger partial charge is 0.0914 e. The number of nitrogens with one attached hydrogen (secondary N) is 1. The molecule has 0 bridgehead atoms. The Hall–Kier alpha value is -0.870. The first-order valence-electron chi connectivity index (χ1n) is 6.78. The van der Waals surface area contributed by atoms with Gasteiger partial charge in [-0.15, -0.1) is 11.3 Å². The summed E-state index contributed by atoms with van der Waals surface area (Å²) < 4.78 is 0. The number of hydrogen-bond donors (Lipinski definition) is 2. The summed E-state index contributed by atoms with van der Waals surface area (Å²) in [6.07, 6.45) is -0.520. The van der Waals surface area contributed by atoms with Crippen molar-refractivity contribution >= 4 is 22.9 Å². The van der Waals surface area contributed by atoms with Gasteiger partial charge in [0.2, 0.25) is 0 Å². The Morgan fingerprint density at radius 2 is 1.90 bits per heavy atom. The monoisotopic (exact) mass is 309 g/mol. The van der Waals surface area contributed by atoms with Gasteiger partial charge in [-0.3, -0.25) is 0 Å². The number of halogens is 1. The second kappa shape index (κ2) is 7.23. The average Bonchev–Trinajstić information content (AvgIpc) is 2.93. The van der Waals surface area contributed by atoms with Crippen LogP contribution in [-0.2, 0) is 0 Å². The summed E-state index contributed by atoms with van der Waals surface area (Å²) in [5.41, 5.74) is 0.885. The van der Waals surface area contributed by atoms with Crippen molar-refractivity contribution in [2.75, 3.05) is 6.54 Å². The molecule has 2 rings (SSSR count). The number of thiophene rings is 1. The minimum Gasteiger partial charge on any atom is -0.387 e. The number of rotatable bonds is 6. The second-order valence-electron chi connectivity index (χ2n) is 5.21. The molecule has 2 aromatic rings. The van der Waals surface area contributed by atoms with Crippen LogP contribution in [0.3, 0.4) is 0 Å². The Labute approximate surface area is 129 Å². The zero-order valence-electron chi connectivity index (χ0n) is 11.7. The summed E-state index contributed by atoms with van der Waals surface area (Å²) in [6, 6.07) is 11.8. The van der Waals surface area contributed by atoms with Gasteiger partial charge in [-0.2, -0.15) is 0 Å². The van der Waals surface area contributed by atoms with E-state index >= 15 is 0 Å². The molecule has 0 saturated heterocycles. The third-order valence-corrected chi connectivity index (χ3v) is 4.51. The van der Waals surface area contributed by atoms with Crippen LogP contribution in [0.1, 0.15) is 36.4 Å². The van der Waals surface area contributed by atoms with Crippen LogP contribution in [0.2, 0.25) is 5.02 Å². The highest BCUT2D eigenvalue weighted by Crippen LogP contribution is 2.26. The lowest BCUT2D eigenvalue weighted by Crippen LogP contribution is -2.29. The molecular formula is C16H20ClNOS. The minimum absolute atomic E-state index is 0.275. The lowest BCUT2D eigenvalue weighted by Gasteiger charge is -2.23. The molecule has 4 heteroatoms. The molecule has 1 aromatic carbocycles. The highest BCUT2D eigenvalue weighted by molar-refractivity contribution is 7.10. The van der Waals surface area contributed by atoms with E-state index in [1.165, 1.54) is 4.88 Å². The predicted molar refractivity (Wildman–Crippen MR) is 86.3 cm³/mol. The van der Waals surface area contributed by atoms with Gasteiger partial charge in [-0.05, 0) is 35.1 Å². The van der Waals surface area contributed by atoms with Gasteiger partial charge in [0.25, 0.3) is 0 Å². The van der Waals surface area contributed by atoms with E-state index in [1.54, 1.807) is 23.5 Å². The van der Waals surface area contributed by atoms with Crippen molar-refractivity contribution in [3.63, 3.8) is 0 Å². The molecule has 0 amide bonds. The number of aliphatic hydroxyl groups is 1. The highest BCUT2D eigenvalue weighted by Gasteiger charge is 2.18. The quantitative estimate of drug-likeness (QED) is 0.828. The van der Waals surface area contributed by atoms with E-state index in [1.807, 2.05) is 12.1 Å². The van der Waals surface area contributed by atoms with E-state index in [0.29, 0.717) is 17.5 Å². The van der Waals surface area contributed by atoms with Crippen LogP contribution in [0.15, 0.2) is 41.8 Å². The first-order chi connectivity index (χ1) is 9.58. The first kappa shape index (κ1) is 15.5. The molecule has 0 saturated carbocycles. The third-order valence-electron chi connectivity index (χ3n) is 3.30. The zero-order valence-corrected chi connectivity index (χ0v) is 13.3. The number of benzene rings is 1. The molecular weight excluding hydrogens is 290 g/mol. The summed E-state index contributed by atoms with van der Waals surface area (Å²) in [6.45, 7) is 4.90. The largest absolute Gasteiger partial charge is 0.387 e. The maximum absolute atomic E-state index is 10.2. The Morgan fingerprint density at radius 1 is 1.20 bits per heavy atom. The molecule has 1 heterocycles. The molecule has 108 valence electrons. The van der Waals surface area contributed by atoms with Crippen LogP contribution in [0, 0.1) is 5.92 Å². The number of hydrogen-bond acceptors (Lipinski definition) is 3. The molecule has 2 unspecified atom stereocenters. The van der Waals surface area contributed by atoms with E-state index in [0.717, 1.165) is 5.56 Å². The van der Waals surface area contributed by atoms with Crippen molar-refractivity contribution in [2.45, 2.75) is 26.0 Å². The van der Waals surface area contributed by atoms with Crippen LogP contribution in [0.5, 0.6) is 0 Å². The van der Waals surface area contributed by atoms with Gasteiger partial charge in [-0.1, -0.05) is 43.6 Å². The van der Waals surface area contributed by atoms with Gasteiger partial charge in [0.05, 0.1) is 6.10 Å². The van der Waals surface area contributed by atoms with Crippen molar-refractivity contribution in [1.82, 2.24) is 5.32 Å². The van der Waals surface area contributed by atoms with Gasteiger partial charge < -0.3 is 10.4 Å². The minimum atomic E-state index is -0.520. The first-order valence-corrected chi connectivity index (χ1v) is 8.04. The van der Waals surface area contributed by atoms with E-state index < -0.39 is 6.10 Å². The lowest BCUT2D eigenvalue weighted by atomic mass is 10.0. The van der Waals surface area contributed by atoms with Crippen molar-refractivity contribution in [3.8, 4) is 0 Å². The Morgan fingerprint density at radius 3 is 2.45 bits per heavy atom. The van der Waals surface area contributed by atoms with E-state index in [2.05, 4.69) is 36.7 Å². The fraction of sp³-hybridized carbons (Fsp3) is 0.375. The molecule has 0 aliphatic rings. The summed E-state index contributed by atoms with van der Waals surface area (Å²) in [7, 11) is 0. The fourth-order valence-corrected chi connectivity index (χ4v) is 3.27. The third kappa shape index (κ3) is 4.06. The van der Waals surface area contributed by atoms with Gasteiger partial charge in [0.15, 0.2) is 0 Å². The SMILES string of the molecule is CC(C)C(NCC(O)c1ccc(Cl)cc1)c1cccs1. The molecule has 0 radical (unpaired) electrons. The number of aliphatic hydroxyl groups excluding tert-OH is 1. The summed E-state index contributed by atoms with van der Waals surface area (Å²) in [5, 5.41) is 16.5. The topological polar surface area (TPSA) is 32.3 Å². The van der Waals surface area contributed by atoms with Crippen LogP contribution < -0.4 is 5.32 Å². The normalized spacial score (nSPS) is 14.4. The van der Waals surface area contributed by atoms with Gasteiger partial charge in [-0.25, -0.2) is 0 Å². The van der Waals surface area contributed by atoms with Crippen LogP contribution >= 0.6 is 22.9 Å². The molecule has 2 nitrogen and oxygen atoms in total. The Bertz CT molecular complexity index is 510. The molecule has 0 spiro atoms. The zero-order chi connectivity index (χ0) is 14.5. The van der Waals surface area contributed by atoms with Gasteiger partial charge >= 0.3 is 0 Å². The molecule has 20 heavy (non-hydrogen) atoms. The van der Waals surface area contributed by atoms with Crippen molar-refractivity contribution in [2.24, 2.45) is 5.92 Å².